The van der Waals surface area contributed by atoms with Gasteiger partial charge in [-0.3, -0.25) is 24.0 Å². The Bertz CT molecular complexity index is 1540. The van der Waals surface area contributed by atoms with E-state index in [1.54, 1.807) is 6.92 Å². The van der Waals surface area contributed by atoms with Gasteiger partial charge in [-0.25, -0.2) is 4.79 Å². The Morgan fingerprint density at radius 1 is 0.830 bits per heavy atom. The van der Waals surface area contributed by atoms with Crippen molar-refractivity contribution in [2.45, 2.75) is 91.5 Å². The first kappa shape index (κ1) is 36.5. The molecule has 2 heterocycles. The van der Waals surface area contributed by atoms with Crippen LogP contribution in [-0.4, -0.2) is 73.8 Å². The summed E-state index contributed by atoms with van der Waals surface area (Å²) < 4.78 is 49.9. The molecule has 0 spiro atoms. The van der Waals surface area contributed by atoms with Crippen LogP contribution in [-0.2, 0) is 47.7 Å². The standard InChI is InChI=1S/C32H38O15/c1-7-9-10-11-14-39-26-22-13-12-21(15-23(22)45-31(38)29(26)47-25(37)8-2)44-32-30(43-20(6)36)28(42-19(5)35)27(41-18(4)34)24(46-32)16-40-17(3)33/h9-10,12-13,15,24,27-28,30,32H,7-8,11,14,16H2,1-6H3/b10-9+/t24-,27+,28+,30-,32-/m1/s1. The van der Waals surface area contributed by atoms with Gasteiger partial charge < -0.3 is 42.3 Å². The third-order valence-corrected chi connectivity index (χ3v) is 6.43. The highest BCUT2D eigenvalue weighted by atomic mass is 16.7. The van der Waals surface area contributed by atoms with E-state index in [0.29, 0.717) is 6.42 Å². The zero-order valence-corrected chi connectivity index (χ0v) is 26.9. The number of ether oxygens (including phenoxy) is 8. The average molecular weight is 663 g/mol. The van der Waals surface area contributed by atoms with Gasteiger partial charge in [-0.15, -0.1) is 0 Å². The van der Waals surface area contributed by atoms with E-state index in [1.165, 1.54) is 18.2 Å². The number of hydrogen-bond acceptors (Lipinski definition) is 15. The molecule has 47 heavy (non-hydrogen) atoms. The van der Waals surface area contributed by atoms with Gasteiger partial charge >= 0.3 is 35.5 Å². The first-order chi connectivity index (χ1) is 22.3. The van der Waals surface area contributed by atoms with Gasteiger partial charge in [0.2, 0.25) is 12.4 Å². The summed E-state index contributed by atoms with van der Waals surface area (Å²) in [4.78, 5) is 72.9. The molecule has 0 radical (unpaired) electrons. The van der Waals surface area contributed by atoms with Crippen LogP contribution in [0.5, 0.6) is 17.2 Å². The van der Waals surface area contributed by atoms with Crippen LogP contribution in [0.25, 0.3) is 11.0 Å². The molecule has 3 rings (SSSR count). The fraction of sp³-hybridized carbons (Fsp3) is 0.500. The molecule has 256 valence electrons. The molecule has 1 aromatic carbocycles. The van der Waals surface area contributed by atoms with Gasteiger partial charge in [0.15, 0.2) is 18.0 Å². The Hall–Kier alpha value is -4.92. The topological polar surface area (TPSA) is 189 Å². The number of benzene rings is 1. The monoisotopic (exact) mass is 662 g/mol. The Morgan fingerprint density at radius 3 is 2.11 bits per heavy atom. The normalized spacial score (nSPS) is 20.7. The lowest BCUT2D eigenvalue weighted by molar-refractivity contribution is -0.288. The molecule has 0 amide bonds. The molecule has 1 aliphatic heterocycles. The summed E-state index contributed by atoms with van der Waals surface area (Å²) >= 11 is 0. The van der Waals surface area contributed by atoms with E-state index in [-0.39, 0.29) is 35.5 Å². The molecule has 1 fully saturated rings. The second-order valence-electron chi connectivity index (χ2n) is 10.2. The van der Waals surface area contributed by atoms with Gasteiger partial charge in [-0.1, -0.05) is 26.0 Å². The van der Waals surface area contributed by atoms with Crippen LogP contribution in [0.3, 0.4) is 0 Å². The highest BCUT2D eigenvalue weighted by molar-refractivity contribution is 5.88. The molecule has 15 heteroatoms. The second kappa shape index (κ2) is 17.1. The molecule has 1 aromatic heterocycles. The van der Waals surface area contributed by atoms with Crippen molar-refractivity contribution in [1.29, 1.82) is 0 Å². The van der Waals surface area contributed by atoms with Gasteiger partial charge in [0.1, 0.15) is 24.0 Å². The number of carbonyl (C=O) groups excluding carboxylic acids is 5. The van der Waals surface area contributed by atoms with E-state index in [4.69, 9.17) is 42.3 Å². The van der Waals surface area contributed by atoms with Crippen LogP contribution < -0.4 is 19.8 Å². The van der Waals surface area contributed by atoms with Gasteiger partial charge in [-0.2, -0.15) is 0 Å². The predicted octanol–water partition coefficient (Wildman–Crippen LogP) is 3.31. The highest BCUT2D eigenvalue weighted by Crippen LogP contribution is 2.36. The Morgan fingerprint density at radius 2 is 1.49 bits per heavy atom. The summed E-state index contributed by atoms with van der Waals surface area (Å²) in [6, 6.07) is 4.26. The van der Waals surface area contributed by atoms with Crippen molar-refractivity contribution < 1.29 is 66.3 Å². The molecule has 0 N–H and O–H groups in total. The molecule has 1 aliphatic rings. The fourth-order valence-electron chi connectivity index (χ4n) is 4.56. The smallest absolute Gasteiger partial charge is 0.383 e. The van der Waals surface area contributed by atoms with E-state index in [9.17, 15) is 28.8 Å². The minimum atomic E-state index is -1.52. The zero-order valence-electron chi connectivity index (χ0n) is 26.9. The molecule has 0 saturated carbocycles. The highest BCUT2D eigenvalue weighted by Gasteiger charge is 2.53. The van der Waals surface area contributed by atoms with Crippen LogP contribution in [0.4, 0.5) is 0 Å². The maximum Gasteiger partial charge on any atom is 0.383 e. The number of fused-ring (bicyclic) bond motifs is 1. The van der Waals surface area contributed by atoms with Crippen LogP contribution >= 0.6 is 0 Å². The summed E-state index contributed by atoms with van der Waals surface area (Å²) in [7, 11) is 0. The number of carbonyl (C=O) groups is 5. The Labute approximate surface area is 269 Å². The van der Waals surface area contributed by atoms with E-state index < -0.39 is 78.5 Å². The fourth-order valence-corrected chi connectivity index (χ4v) is 4.56. The molecular weight excluding hydrogens is 624 g/mol. The Kier molecular flexibility index (Phi) is 13.3. The summed E-state index contributed by atoms with van der Waals surface area (Å²) in [5.41, 5.74) is -1.00. The summed E-state index contributed by atoms with van der Waals surface area (Å²) in [6.07, 6.45) is -1.85. The number of hydrogen-bond donors (Lipinski definition) is 0. The maximum atomic E-state index is 13.0. The minimum absolute atomic E-state index is 0.00107. The van der Waals surface area contributed by atoms with Crippen molar-refractivity contribution in [3.63, 3.8) is 0 Å². The van der Waals surface area contributed by atoms with E-state index in [0.717, 1.165) is 34.1 Å². The van der Waals surface area contributed by atoms with Crippen LogP contribution in [0.15, 0.2) is 39.6 Å². The lowest BCUT2D eigenvalue weighted by Gasteiger charge is -2.43. The largest absolute Gasteiger partial charge is 0.488 e. The van der Waals surface area contributed by atoms with Crippen molar-refractivity contribution in [2.24, 2.45) is 0 Å². The lowest BCUT2D eigenvalue weighted by Crippen LogP contribution is -2.63. The van der Waals surface area contributed by atoms with Gasteiger partial charge in [0.05, 0.1) is 12.0 Å². The Balaban J connectivity index is 2.06. The molecule has 0 unspecified atom stereocenters. The van der Waals surface area contributed by atoms with Crippen LogP contribution in [0, 0.1) is 0 Å². The van der Waals surface area contributed by atoms with Crippen LogP contribution in [0.2, 0.25) is 0 Å². The van der Waals surface area contributed by atoms with Crippen LogP contribution in [0.1, 0.15) is 60.8 Å². The van der Waals surface area contributed by atoms with Crippen molar-refractivity contribution >= 4 is 40.8 Å². The molecule has 2 aromatic rings. The molecule has 1 saturated heterocycles. The van der Waals surface area contributed by atoms with Gasteiger partial charge in [0, 0.05) is 40.2 Å². The molecule has 15 nitrogen and oxygen atoms in total. The number of allylic oxidation sites excluding steroid dienone is 1. The quantitative estimate of drug-likeness (QED) is 0.0941. The van der Waals surface area contributed by atoms with E-state index >= 15 is 0 Å². The maximum absolute atomic E-state index is 13.0. The molecule has 0 aliphatic carbocycles. The van der Waals surface area contributed by atoms with Crippen molar-refractivity contribution in [3.05, 3.63) is 40.8 Å². The molecular formula is C32H38O15. The molecule has 5 atom stereocenters. The summed E-state index contributed by atoms with van der Waals surface area (Å²) in [5, 5.41) is 0.275. The predicted molar refractivity (Wildman–Crippen MR) is 161 cm³/mol. The summed E-state index contributed by atoms with van der Waals surface area (Å²) in [5.74, 6) is -4.13. The van der Waals surface area contributed by atoms with Gasteiger partial charge in [0.25, 0.3) is 5.75 Å². The van der Waals surface area contributed by atoms with Crippen molar-refractivity contribution in [3.8, 4) is 17.2 Å². The van der Waals surface area contributed by atoms with E-state index in [1.807, 2.05) is 19.1 Å². The number of esters is 5. The number of rotatable bonds is 14. The second-order valence-corrected chi connectivity index (χ2v) is 10.2. The molecule has 0 bridgehead atoms. The third-order valence-electron chi connectivity index (χ3n) is 6.43. The average Bonchev–Trinajstić information content (AvgIpc) is 2.99. The first-order valence-electron chi connectivity index (χ1n) is 14.9. The third kappa shape index (κ3) is 10.3. The SMILES string of the molecule is CC/C=C/CCOc1c(OC(=O)CC)c(=O)oc2cc(O[C@@H]3O[C@H](COC(C)=O)[C@H](OC(C)=O)[C@H](OC(C)=O)[C@H]3OC(C)=O)ccc12. The lowest BCUT2D eigenvalue weighted by atomic mass is 9.98. The van der Waals surface area contributed by atoms with E-state index in [2.05, 4.69) is 0 Å². The minimum Gasteiger partial charge on any atom is -0.488 e. The van der Waals surface area contributed by atoms with Gasteiger partial charge in [-0.05, 0) is 25.0 Å². The zero-order chi connectivity index (χ0) is 34.7. The van der Waals surface area contributed by atoms with Crippen molar-refractivity contribution in [1.82, 2.24) is 0 Å². The first-order valence-corrected chi connectivity index (χ1v) is 14.9. The summed E-state index contributed by atoms with van der Waals surface area (Å²) in [6.45, 7) is 7.72. The van der Waals surface area contributed by atoms with Crippen molar-refractivity contribution in [2.75, 3.05) is 13.2 Å².